The predicted octanol–water partition coefficient (Wildman–Crippen LogP) is 4.43. The number of nitrogens with zero attached hydrogens (tertiary/aromatic N) is 1. The Morgan fingerprint density at radius 2 is 1.60 bits per heavy atom. The van der Waals surface area contributed by atoms with E-state index in [9.17, 15) is 9.59 Å². The first-order chi connectivity index (χ1) is 16.9. The Hall–Kier alpha value is -3.81. The van der Waals surface area contributed by atoms with E-state index in [1.165, 1.54) is 0 Å². The first-order valence-corrected chi connectivity index (χ1v) is 11.9. The molecule has 0 unspecified atom stereocenters. The van der Waals surface area contributed by atoms with Crippen molar-refractivity contribution in [2.75, 3.05) is 19.5 Å². The second-order valence-corrected chi connectivity index (χ2v) is 9.91. The molecule has 4 fully saturated rings. The minimum atomic E-state index is -0.930. The van der Waals surface area contributed by atoms with Gasteiger partial charge in [-0.1, -0.05) is 0 Å². The summed E-state index contributed by atoms with van der Waals surface area (Å²) in [5.74, 6) is 2.82. The average molecular weight is 474 g/mol. The van der Waals surface area contributed by atoms with Crippen LogP contribution in [0.4, 0.5) is 5.69 Å². The molecule has 0 atom stereocenters. The van der Waals surface area contributed by atoms with Crippen LogP contribution in [-0.4, -0.2) is 36.6 Å². The quantitative estimate of drug-likeness (QED) is 0.470. The van der Waals surface area contributed by atoms with E-state index in [4.69, 9.17) is 14.2 Å². The van der Waals surface area contributed by atoms with Gasteiger partial charge in [-0.2, -0.15) is 0 Å². The molecular formula is C27H27N3O5. The van der Waals surface area contributed by atoms with E-state index in [-0.39, 0.29) is 17.4 Å². The summed E-state index contributed by atoms with van der Waals surface area (Å²) >= 11 is 0. The summed E-state index contributed by atoms with van der Waals surface area (Å²) in [6.07, 6.45) is 6.04. The number of hydrogen-bond acceptors (Lipinski definition) is 6. The molecule has 0 spiro atoms. The van der Waals surface area contributed by atoms with Gasteiger partial charge in [-0.15, -0.1) is 0 Å². The second-order valence-electron chi connectivity index (χ2n) is 9.91. The number of benzene rings is 2. The Bertz CT molecular complexity index is 1320. The zero-order valence-electron chi connectivity index (χ0n) is 19.7. The third-order valence-corrected chi connectivity index (χ3v) is 7.58. The van der Waals surface area contributed by atoms with E-state index in [1.54, 1.807) is 56.8 Å². The minimum Gasteiger partial charge on any atom is -0.493 e. The van der Waals surface area contributed by atoms with E-state index >= 15 is 0 Å². The summed E-state index contributed by atoms with van der Waals surface area (Å²) < 4.78 is 16.9. The fourth-order valence-corrected chi connectivity index (χ4v) is 5.19. The molecular weight excluding hydrogens is 446 g/mol. The van der Waals surface area contributed by atoms with Gasteiger partial charge in [0.2, 0.25) is 11.8 Å². The van der Waals surface area contributed by atoms with Crippen molar-refractivity contribution >= 4 is 28.4 Å². The molecule has 4 aliphatic rings. The summed E-state index contributed by atoms with van der Waals surface area (Å²) in [5, 5.41) is 6.85. The molecule has 4 saturated carbocycles. The van der Waals surface area contributed by atoms with E-state index < -0.39 is 5.41 Å². The monoisotopic (exact) mass is 473 g/mol. The van der Waals surface area contributed by atoms with E-state index in [1.807, 2.05) is 6.07 Å². The van der Waals surface area contributed by atoms with Crippen LogP contribution in [0.25, 0.3) is 10.9 Å². The van der Waals surface area contributed by atoms with Gasteiger partial charge in [0, 0.05) is 28.9 Å². The first-order valence-electron chi connectivity index (χ1n) is 11.9. The highest BCUT2D eigenvalue weighted by Gasteiger charge is 2.62. The zero-order chi connectivity index (χ0) is 24.2. The van der Waals surface area contributed by atoms with Crippen LogP contribution in [-0.2, 0) is 9.59 Å². The average Bonchev–Trinajstić information content (AvgIpc) is 3.63. The molecule has 0 saturated heterocycles. The SMILES string of the molecule is COc1cc2nccc(Oc3ccc(NC(=O)C4(C(=O)NC56CC(C5)C6)CC4)cc3)c2cc1OC. The van der Waals surface area contributed by atoms with Gasteiger partial charge in [0.15, 0.2) is 11.5 Å². The Morgan fingerprint density at radius 3 is 2.20 bits per heavy atom. The highest BCUT2D eigenvalue weighted by atomic mass is 16.5. The van der Waals surface area contributed by atoms with Gasteiger partial charge >= 0.3 is 0 Å². The lowest BCUT2D eigenvalue weighted by Gasteiger charge is -2.62. The van der Waals surface area contributed by atoms with Gasteiger partial charge in [-0.05, 0) is 74.4 Å². The van der Waals surface area contributed by atoms with Crippen molar-refractivity contribution in [1.29, 1.82) is 0 Å². The van der Waals surface area contributed by atoms with E-state index in [0.717, 1.165) is 36.1 Å². The first kappa shape index (κ1) is 21.7. The Morgan fingerprint density at radius 1 is 0.914 bits per heavy atom. The maximum Gasteiger partial charge on any atom is 0.240 e. The number of amides is 2. The Balaban J connectivity index is 1.14. The number of hydrogen-bond donors (Lipinski definition) is 2. The zero-order valence-corrected chi connectivity index (χ0v) is 19.7. The number of aromatic nitrogens is 1. The van der Waals surface area contributed by atoms with Crippen molar-refractivity contribution < 1.29 is 23.8 Å². The van der Waals surface area contributed by atoms with Gasteiger partial charge in [-0.3, -0.25) is 14.6 Å². The third-order valence-electron chi connectivity index (χ3n) is 7.58. The van der Waals surface area contributed by atoms with Crippen molar-refractivity contribution in [1.82, 2.24) is 10.3 Å². The molecule has 2 N–H and O–H groups in total. The minimum absolute atomic E-state index is 0.0249. The number of rotatable bonds is 8. The number of fused-ring (bicyclic) bond motifs is 1. The van der Waals surface area contributed by atoms with E-state index in [0.29, 0.717) is 41.5 Å². The molecule has 1 heterocycles. The summed E-state index contributed by atoms with van der Waals surface area (Å²) in [5.41, 5.74) is 0.387. The fourth-order valence-electron chi connectivity index (χ4n) is 5.19. The van der Waals surface area contributed by atoms with E-state index in [2.05, 4.69) is 15.6 Å². The van der Waals surface area contributed by atoms with Crippen LogP contribution >= 0.6 is 0 Å². The van der Waals surface area contributed by atoms with Gasteiger partial charge in [-0.25, -0.2) is 0 Å². The van der Waals surface area contributed by atoms with Crippen LogP contribution in [0.3, 0.4) is 0 Å². The lowest BCUT2D eigenvalue weighted by atomic mass is 9.50. The molecule has 7 rings (SSSR count). The summed E-state index contributed by atoms with van der Waals surface area (Å²) in [4.78, 5) is 30.2. The third kappa shape index (κ3) is 3.64. The topological polar surface area (TPSA) is 98.8 Å². The van der Waals surface area contributed by atoms with Gasteiger partial charge in [0.05, 0.1) is 19.7 Å². The highest BCUT2D eigenvalue weighted by Crippen LogP contribution is 2.58. The molecule has 180 valence electrons. The molecule has 0 radical (unpaired) electrons. The molecule has 8 nitrogen and oxygen atoms in total. The molecule has 2 amide bonds. The van der Waals surface area contributed by atoms with Crippen LogP contribution in [0.15, 0.2) is 48.7 Å². The largest absolute Gasteiger partial charge is 0.493 e. The smallest absolute Gasteiger partial charge is 0.240 e. The summed E-state index contributed by atoms with van der Waals surface area (Å²) in [7, 11) is 3.16. The normalized spacial score (nSPS) is 22.9. The molecule has 2 aromatic carbocycles. The maximum absolute atomic E-state index is 12.9. The second kappa shape index (κ2) is 7.86. The van der Waals surface area contributed by atoms with Crippen molar-refractivity contribution in [2.24, 2.45) is 11.3 Å². The lowest BCUT2D eigenvalue weighted by Crippen LogP contribution is -2.69. The van der Waals surface area contributed by atoms with Crippen LogP contribution in [0.2, 0.25) is 0 Å². The van der Waals surface area contributed by atoms with Crippen LogP contribution in [0, 0.1) is 11.3 Å². The van der Waals surface area contributed by atoms with Gasteiger partial charge in [0.25, 0.3) is 0 Å². The maximum atomic E-state index is 12.9. The molecule has 4 aliphatic carbocycles. The Labute approximate surface area is 203 Å². The van der Waals surface area contributed by atoms with Crippen molar-refractivity contribution in [3.8, 4) is 23.0 Å². The predicted molar refractivity (Wildman–Crippen MR) is 130 cm³/mol. The summed E-state index contributed by atoms with van der Waals surface area (Å²) in [6.45, 7) is 0. The molecule has 35 heavy (non-hydrogen) atoms. The van der Waals surface area contributed by atoms with Gasteiger partial charge < -0.3 is 24.8 Å². The molecule has 8 heteroatoms. The Kier molecular flexibility index (Phi) is 4.88. The number of pyridine rings is 1. The number of methoxy groups -OCH3 is 2. The highest BCUT2D eigenvalue weighted by molar-refractivity contribution is 6.13. The van der Waals surface area contributed by atoms with Crippen LogP contribution in [0.1, 0.15) is 32.1 Å². The molecule has 1 aromatic heterocycles. The number of carbonyl (C=O) groups excluding carboxylic acids is 2. The van der Waals surface area contributed by atoms with Crippen molar-refractivity contribution in [3.05, 3.63) is 48.7 Å². The lowest BCUT2D eigenvalue weighted by molar-refractivity contribution is -0.142. The van der Waals surface area contributed by atoms with Crippen LogP contribution < -0.4 is 24.8 Å². The van der Waals surface area contributed by atoms with Gasteiger partial charge in [0.1, 0.15) is 16.9 Å². The number of ether oxygens (including phenoxy) is 3. The molecule has 2 bridgehead atoms. The fraction of sp³-hybridized carbons (Fsp3) is 0.370. The number of anilines is 1. The van der Waals surface area contributed by atoms with Crippen LogP contribution in [0.5, 0.6) is 23.0 Å². The van der Waals surface area contributed by atoms with Crippen molar-refractivity contribution in [3.63, 3.8) is 0 Å². The molecule has 0 aliphatic heterocycles. The molecule has 3 aromatic rings. The summed E-state index contributed by atoms with van der Waals surface area (Å²) in [6, 6.07) is 12.5. The number of carbonyl (C=O) groups is 2. The van der Waals surface area contributed by atoms with Crippen molar-refractivity contribution in [2.45, 2.75) is 37.6 Å². The standard InChI is InChI=1S/C27H27N3O5/c1-33-22-11-19-20(12-23(22)34-2)28-10-7-21(19)35-18-5-3-17(4-6-18)29-24(31)27(8-9-27)25(32)30-26-13-16(14-26)15-26/h3-7,10-12,16H,8-9,13-15H2,1-2H3,(H,29,31)(H,30,32). The number of nitrogens with one attached hydrogen (secondary N) is 2.